The summed E-state index contributed by atoms with van der Waals surface area (Å²) in [5.41, 5.74) is 2.32. The second-order valence-electron chi connectivity index (χ2n) is 7.56. The third-order valence-electron chi connectivity index (χ3n) is 4.57. The number of sulfone groups is 1. The Morgan fingerprint density at radius 1 is 1.31 bits per heavy atom. The van der Waals surface area contributed by atoms with Crippen molar-refractivity contribution in [3.8, 4) is 11.1 Å². The Hall–Kier alpha value is -2.09. The molecular formula is C21H26ClN3O3S. The molecule has 0 bridgehead atoms. The highest BCUT2D eigenvalue weighted by Crippen LogP contribution is 2.31. The fourth-order valence-corrected chi connectivity index (χ4v) is 5.23. The first kappa shape index (κ1) is 21.6. The second kappa shape index (κ2) is 8.73. The Kier molecular flexibility index (Phi) is 6.51. The van der Waals surface area contributed by atoms with E-state index in [1.165, 1.54) is 6.07 Å². The SMILES string of the molecule is CCCN1C=C(n2cc(-c3ccc(S(=O)(=O)CC(C)C)cc3Cl)cn2)C=CC1O. The minimum atomic E-state index is -3.36. The van der Waals surface area contributed by atoms with Crippen molar-refractivity contribution in [3.63, 3.8) is 0 Å². The lowest BCUT2D eigenvalue weighted by Gasteiger charge is -2.27. The molecule has 8 heteroatoms. The Morgan fingerprint density at radius 2 is 2.07 bits per heavy atom. The predicted octanol–water partition coefficient (Wildman–Crippen LogP) is 4.03. The number of nitrogens with zero attached hydrogens (tertiary/aromatic N) is 3. The number of benzene rings is 1. The van der Waals surface area contributed by atoms with Crippen LogP contribution in [-0.2, 0) is 9.84 Å². The van der Waals surface area contributed by atoms with Crippen LogP contribution in [0.25, 0.3) is 16.8 Å². The van der Waals surface area contributed by atoms with Gasteiger partial charge in [-0.15, -0.1) is 0 Å². The summed E-state index contributed by atoms with van der Waals surface area (Å²) in [7, 11) is -3.36. The highest BCUT2D eigenvalue weighted by molar-refractivity contribution is 7.91. The number of aliphatic hydroxyl groups is 1. The Labute approximate surface area is 177 Å². The molecule has 29 heavy (non-hydrogen) atoms. The van der Waals surface area contributed by atoms with E-state index in [2.05, 4.69) is 12.0 Å². The summed E-state index contributed by atoms with van der Waals surface area (Å²) in [5.74, 6) is 0.126. The van der Waals surface area contributed by atoms with Gasteiger partial charge in [0.1, 0.15) is 6.23 Å². The number of rotatable bonds is 7. The van der Waals surface area contributed by atoms with Gasteiger partial charge in [-0.25, -0.2) is 13.1 Å². The zero-order valence-corrected chi connectivity index (χ0v) is 18.4. The van der Waals surface area contributed by atoms with Gasteiger partial charge in [-0.05, 0) is 36.6 Å². The van der Waals surface area contributed by atoms with Crippen LogP contribution < -0.4 is 0 Å². The molecule has 0 saturated carbocycles. The van der Waals surface area contributed by atoms with Gasteiger partial charge in [0.15, 0.2) is 9.84 Å². The lowest BCUT2D eigenvalue weighted by atomic mass is 10.1. The van der Waals surface area contributed by atoms with Gasteiger partial charge in [-0.3, -0.25) is 0 Å². The molecule has 2 heterocycles. The van der Waals surface area contributed by atoms with E-state index in [9.17, 15) is 13.5 Å². The van der Waals surface area contributed by atoms with E-state index in [1.54, 1.807) is 29.1 Å². The first-order chi connectivity index (χ1) is 13.7. The quantitative estimate of drug-likeness (QED) is 0.710. The fraction of sp³-hybridized carbons (Fsp3) is 0.381. The van der Waals surface area contributed by atoms with E-state index < -0.39 is 16.1 Å². The molecule has 1 aromatic heterocycles. The molecule has 6 nitrogen and oxygen atoms in total. The van der Waals surface area contributed by atoms with E-state index in [0.717, 1.165) is 24.2 Å². The molecule has 1 aliphatic heterocycles. The van der Waals surface area contributed by atoms with Crippen molar-refractivity contribution in [2.45, 2.75) is 38.3 Å². The van der Waals surface area contributed by atoms with Crippen LogP contribution in [0, 0.1) is 5.92 Å². The summed E-state index contributed by atoms with van der Waals surface area (Å²) in [5, 5.41) is 14.8. The molecule has 3 rings (SSSR count). The number of hydrogen-bond acceptors (Lipinski definition) is 5. The number of halogens is 1. The van der Waals surface area contributed by atoms with E-state index >= 15 is 0 Å². The van der Waals surface area contributed by atoms with Crippen molar-refractivity contribution in [3.05, 3.63) is 54.0 Å². The monoisotopic (exact) mass is 435 g/mol. The maximum atomic E-state index is 12.4. The van der Waals surface area contributed by atoms with E-state index in [1.807, 2.05) is 37.2 Å². The molecule has 1 atom stereocenters. The summed E-state index contributed by atoms with van der Waals surface area (Å²) in [6.45, 7) is 6.53. The van der Waals surface area contributed by atoms with Gasteiger partial charge in [0.25, 0.3) is 0 Å². The predicted molar refractivity (Wildman–Crippen MR) is 116 cm³/mol. The van der Waals surface area contributed by atoms with E-state index in [-0.39, 0.29) is 16.6 Å². The third kappa shape index (κ3) is 4.91. The minimum Gasteiger partial charge on any atom is -0.370 e. The molecule has 156 valence electrons. The molecule has 1 aromatic carbocycles. The van der Waals surface area contributed by atoms with Crippen LogP contribution in [-0.4, -0.2) is 46.7 Å². The summed E-state index contributed by atoms with van der Waals surface area (Å²) >= 11 is 6.41. The molecule has 0 saturated heterocycles. The van der Waals surface area contributed by atoms with Gasteiger partial charge in [-0.1, -0.05) is 38.4 Å². The highest BCUT2D eigenvalue weighted by atomic mass is 35.5. The van der Waals surface area contributed by atoms with Crippen molar-refractivity contribution in [2.75, 3.05) is 12.3 Å². The average molecular weight is 436 g/mol. The Morgan fingerprint density at radius 3 is 2.72 bits per heavy atom. The van der Waals surface area contributed by atoms with Crippen LogP contribution in [0.3, 0.4) is 0 Å². The van der Waals surface area contributed by atoms with Crippen LogP contribution in [0.2, 0.25) is 5.02 Å². The summed E-state index contributed by atoms with van der Waals surface area (Å²) in [6, 6.07) is 4.82. The van der Waals surface area contributed by atoms with Crippen LogP contribution in [0.5, 0.6) is 0 Å². The molecule has 1 aliphatic rings. The van der Waals surface area contributed by atoms with Gasteiger partial charge < -0.3 is 10.0 Å². The van der Waals surface area contributed by atoms with Crippen LogP contribution in [0.4, 0.5) is 0 Å². The molecule has 0 spiro atoms. The largest absolute Gasteiger partial charge is 0.370 e. The maximum absolute atomic E-state index is 12.4. The fourth-order valence-electron chi connectivity index (χ4n) is 3.24. The third-order valence-corrected chi connectivity index (χ3v) is 6.96. The Bertz CT molecular complexity index is 1040. The zero-order chi connectivity index (χ0) is 21.2. The van der Waals surface area contributed by atoms with Gasteiger partial charge in [0, 0.05) is 35.1 Å². The smallest absolute Gasteiger partial charge is 0.178 e. The molecule has 0 amide bonds. The van der Waals surface area contributed by atoms with Crippen LogP contribution >= 0.6 is 11.6 Å². The van der Waals surface area contributed by atoms with Crippen molar-refractivity contribution in [1.82, 2.24) is 14.7 Å². The Balaban J connectivity index is 1.88. The lowest BCUT2D eigenvalue weighted by molar-refractivity contribution is 0.0780. The second-order valence-corrected chi connectivity index (χ2v) is 10.00. The van der Waals surface area contributed by atoms with Crippen molar-refractivity contribution < 1.29 is 13.5 Å². The van der Waals surface area contributed by atoms with Crippen LogP contribution in [0.15, 0.2) is 53.8 Å². The topological polar surface area (TPSA) is 75.4 Å². The lowest BCUT2D eigenvalue weighted by Crippen LogP contribution is -2.32. The first-order valence-corrected chi connectivity index (χ1v) is 11.7. The van der Waals surface area contributed by atoms with Gasteiger partial charge in [-0.2, -0.15) is 5.10 Å². The van der Waals surface area contributed by atoms with Crippen molar-refractivity contribution >= 4 is 27.1 Å². The summed E-state index contributed by atoms with van der Waals surface area (Å²) in [4.78, 5) is 2.08. The summed E-state index contributed by atoms with van der Waals surface area (Å²) in [6.07, 6.45) is 9.21. The number of allylic oxidation sites excluding steroid dienone is 2. The molecule has 0 radical (unpaired) electrons. The number of aliphatic hydroxyl groups excluding tert-OH is 1. The highest BCUT2D eigenvalue weighted by Gasteiger charge is 2.19. The van der Waals surface area contributed by atoms with Gasteiger partial charge in [0.2, 0.25) is 0 Å². The standard InChI is InChI=1S/C21H26ClN3O3S/c1-4-9-24-13-17(5-8-21(24)26)25-12-16(11-23-25)19-7-6-18(10-20(19)22)29(27,28)14-15(2)3/h5-8,10-13,15,21,26H,4,9,14H2,1-3H3. The van der Waals surface area contributed by atoms with Gasteiger partial charge >= 0.3 is 0 Å². The molecular weight excluding hydrogens is 410 g/mol. The normalized spacial score (nSPS) is 17.1. The molecule has 1 unspecified atom stereocenters. The number of hydrogen-bond donors (Lipinski definition) is 1. The van der Waals surface area contributed by atoms with Gasteiger partial charge in [0.05, 0.1) is 22.5 Å². The molecule has 1 N–H and O–H groups in total. The zero-order valence-electron chi connectivity index (χ0n) is 16.8. The van der Waals surface area contributed by atoms with E-state index in [4.69, 9.17) is 11.6 Å². The molecule has 2 aromatic rings. The molecule has 0 aliphatic carbocycles. The van der Waals surface area contributed by atoms with E-state index in [0.29, 0.717) is 10.6 Å². The molecule has 0 fully saturated rings. The maximum Gasteiger partial charge on any atom is 0.178 e. The number of aromatic nitrogens is 2. The average Bonchev–Trinajstić information content (AvgIpc) is 3.12. The summed E-state index contributed by atoms with van der Waals surface area (Å²) < 4.78 is 26.6. The first-order valence-electron chi connectivity index (χ1n) is 9.63. The minimum absolute atomic E-state index is 0.0410. The van der Waals surface area contributed by atoms with Crippen molar-refractivity contribution in [2.24, 2.45) is 5.92 Å². The van der Waals surface area contributed by atoms with Crippen molar-refractivity contribution in [1.29, 1.82) is 0 Å². The van der Waals surface area contributed by atoms with Crippen LogP contribution in [0.1, 0.15) is 27.2 Å².